The largest absolute Gasteiger partial charge is 0.492 e. The Morgan fingerprint density at radius 2 is 1.74 bits per heavy atom. The Balaban J connectivity index is 2.51. The number of benzene rings is 2. The van der Waals surface area contributed by atoms with Gasteiger partial charge in [0, 0.05) is 5.46 Å². The van der Waals surface area contributed by atoms with Gasteiger partial charge in [-0.2, -0.15) is 0 Å². The van der Waals surface area contributed by atoms with Gasteiger partial charge in [-0.3, -0.25) is 0 Å². The van der Waals surface area contributed by atoms with E-state index in [4.69, 9.17) is 4.74 Å². The second-order valence-corrected chi connectivity index (χ2v) is 4.63. The molecule has 0 aromatic heterocycles. The molecule has 4 heteroatoms. The molecule has 0 spiro atoms. The Labute approximate surface area is 114 Å². The fraction of sp³-hybridized carbons (Fsp3) is 0.333. The highest BCUT2D eigenvalue weighted by Crippen LogP contribution is 2.21. The highest BCUT2D eigenvalue weighted by molar-refractivity contribution is 6.63. The molecule has 19 heavy (non-hydrogen) atoms. The Morgan fingerprint density at radius 3 is 2.37 bits per heavy atom. The molecule has 2 rings (SSSR count). The van der Waals surface area contributed by atoms with Crippen LogP contribution in [0.5, 0.6) is 5.75 Å². The first-order valence-electron chi connectivity index (χ1n) is 6.71. The van der Waals surface area contributed by atoms with Crippen LogP contribution >= 0.6 is 0 Å². The van der Waals surface area contributed by atoms with E-state index in [1.807, 2.05) is 36.4 Å². The summed E-state index contributed by atoms with van der Waals surface area (Å²) in [5.41, 5.74) is 0.449. The molecule has 100 valence electrons. The van der Waals surface area contributed by atoms with Crippen molar-refractivity contribution in [3.8, 4) is 5.75 Å². The van der Waals surface area contributed by atoms with E-state index in [0.717, 1.165) is 23.6 Å². The maximum Gasteiger partial charge on any atom is 0.492 e. The molecule has 0 atom stereocenters. The molecule has 2 aromatic carbocycles. The fourth-order valence-corrected chi connectivity index (χ4v) is 2.28. The molecule has 0 fully saturated rings. The summed E-state index contributed by atoms with van der Waals surface area (Å²) in [5, 5.41) is 21.1. The predicted molar refractivity (Wildman–Crippen MR) is 78.8 cm³/mol. The molecule has 2 aromatic rings. The van der Waals surface area contributed by atoms with Crippen molar-refractivity contribution >= 4 is 23.4 Å². The fourth-order valence-electron chi connectivity index (χ4n) is 2.28. The molecule has 0 aliphatic heterocycles. The maximum absolute atomic E-state index is 9.64. The van der Waals surface area contributed by atoms with Gasteiger partial charge < -0.3 is 14.8 Å². The monoisotopic (exact) mass is 258 g/mol. The summed E-state index contributed by atoms with van der Waals surface area (Å²) in [7, 11) is -1.53. The number of rotatable bonds is 5. The third kappa shape index (κ3) is 2.91. The van der Waals surface area contributed by atoms with E-state index in [1.165, 1.54) is 0 Å². The summed E-state index contributed by atoms with van der Waals surface area (Å²) in [6.07, 6.45) is 1.88. The van der Waals surface area contributed by atoms with E-state index < -0.39 is 7.12 Å². The lowest BCUT2D eigenvalue weighted by Gasteiger charge is -2.19. The van der Waals surface area contributed by atoms with E-state index in [1.54, 1.807) is 0 Å². The highest BCUT2D eigenvalue weighted by atomic mass is 16.5. The summed E-state index contributed by atoms with van der Waals surface area (Å²) < 4.78 is 5.89. The third-order valence-electron chi connectivity index (χ3n) is 3.39. The standard InChI is InChI=1S/C15H19BO3/c1-3-12(4-2)19-14-10-9-11-7-5-6-8-13(11)15(14)16(17)18/h5-10,12,17-18H,3-4H2,1-2H3. The van der Waals surface area contributed by atoms with Gasteiger partial charge in [0.1, 0.15) is 5.75 Å². The second-order valence-electron chi connectivity index (χ2n) is 4.63. The average molecular weight is 258 g/mol. The van der Waals surface area contributed by atoms with Gasteiger partial charge in [-0.15, -0.1) is 0 Å². The normalized spacial score (nSPS) is 11.0. The molecule has 0 aliphatic carbocycles. The Morgan fingerprint density at radius 1 is 1.05 bits per heavy atom. The van der Waals surface area contributed by atoms with Crippen LogP contribution in [-0.2, 0) is 0 Å². The van der Waals surface area contributed by atoms with Crippen molar-refractivity contribution in [3.05, 3.63) is 36.4 Å². The summed E-state index contributed by atoms with van der Waals surface area (Å²) in [4.78, 5) is 0. The van der Waals surface area contributed by atoms with Crippen LogP contribution in [0.15, 0.2) is 36.4 Å². The molecular formula is C15H19BO3. The van der Waals surface area contributed by atoms with E-state index in [0.29, 0.717) is 11.2 Å². The molecule has 2 N–H and O–H groups in total. The van der Waals surface area contributed by atoms with Crippen LogP contribution in [0, 0.1) is 0 Å². The van der Waals surface area contributed by atoms with Gasteiger partial charge in [-0.05, 0) is 29.7 Å². The van der Waals surface area contributed by atoms with Crippen LogP contribution in [0.1, 0.15) is 26.7 Å². The lowest BCUT2D eigenvalue weighted by molar-refractivity contribution is 0.194. The van der Waals surface area contributed by atoms with Crippen LogP contribution in [-0.4, -0.2) is 23.3 Å². The van der Waals surface area contributed by atoms with Crippen molar-refractivity contribution in [1.82, 2.24) is 0 Å². The van der Waals surface area contributed by atoms with Gasteiger partial charge in [0.2, 0.25) is 0 Å². The SMILES string of the molecule is CCC(CC)Oc1ccc2ccccc2c1B(O)O. The predicted octanol–water partition coefficient (Wildman–Crippen LogP) is 2.09. The van der Waals surface area contributed by atoms with Crippen LogP contribution in [0.25, 0.3) is 10.8 Å². The van der Waals surface area contributed by atoms with Gasteiger partial charge in [0.05, 0.1) is 6.10 Å². The van der Waals surface area contributed by atoms with E-state index in [-0.39, 0.29) is 6.10 Å². The van der Waals surface area contributed by atoms with E-state index >= 15 is 0 Å². The zero-order valence-corrected chi connectivity index (χ0v) is 11.3. The molecule has 0 amide bonds. The van der Waals surface area contributed by atoms with Gasteiger partial charge in [-0.1, -0.05) is 44.2 Å². The highest BCUT2D eigenvalue weighted by Gasteiger charge is 2.21. The Bertz CT molecular complexity index is 550. The lowest BCUT2D eigenvalue weighted by atomic mass is 9.76. The van der Waals surface area contributed by atoms with Gasteiger partial charge >= 0.3 is 7.12 Å². The first-order chi connectivity index (χ1) is 9.17. The minimum atomic E-state index is -1.53. The first-order valence-corrected chi connectivity index (χ1v) is 6.71. The minimum absolute atomic E-state index is 0.0960. The lowest BCUT2D eigenvalue weighted by Crippen LogP contribution is -2.33. The number of fused-ring (bicyclic) bond motifs is 1. The molecule has 0 radical (unpaired) electrons. The van der Waals surface area contributed by atoms with Crippen molar-refractivity contribution < 1.29 is 14.8 Å². The Hall–Kier alpha value is -1.52. The molecule has 0 heterocycles. The number of hydrogen-bond donors (Lipinski definition) is 2. The van der Waals surface area contributed by atoms with Crippen molar-refractivity contribution in [1.29, 1.82) is 0 Å². The zero-order chi connectivity index (χ0) is 13.8. The van der Waals surface area contributed by atoms with Crippen molar-refractivity contribution in [2.45, 2.75) is 32.8 Å². The molecule has 0 saturated carbocycles. The van der Waals surface area contributed by atoms with Gasteiger partial charge in [0.25, 0.3) is 0 Å². The Kier molecular flexibility index (Phi) is 4.45. The molecule has 0 aliphatic rings. The van der Waals surface area contributed by atoms with Crippen LogP contribution < -0.4 is 10.2 Å². The third-order valence-corrected chi connectivity index (χ3v) is 3.39. The average Bonchev–Trinajstić information content (AvgIpc) is 2.43. The first kappa shape index (κ1) is 13.9. The van der Waals surface area contributed by atoms with E-state index in [9.17, 15) is 10.0 Å². The van der Waals surface area contributed by atoms with Gasteiger partial charge in [-0.25, -0.2) is 0 Å². The molecule has 0 saturated heterocycles. The molecule has 0 unspecified atom stereocenters. The topological polar surface area (TPSA) is 49.7 Å². The molecular weight excluding hydrogens is 239 g/mol. The molecule has 0 bridgehead atoms. The summed E-state index contributed by atoms with van der Waals surface area (Å²) in [6, 6.07) is 11.4. The van der Waals surface area contributed by atoms with Crippen molar-refractivity contribution in [2.24, 2.45) is 0 Å². The molecule has 3 nitrogen and oxygen atoms in total. The summed E-state index contributed by atoms with van der Waals surface area (Å²) in [5.74, 6) is 0.558. The number of hydrogen-bond acceptors (Lipinski definition) is 3. The van der Waals surface area contributed by atoms with Crippen LogP contribution in [0.4, 0.5) is 0 Å². The smallest absolute Gasteiger partial charge is 0.491 e. The minimum Gasteiger partial charge on any atom is -0.491 e. The van der Waals surface area contributed by atoms with Crippen molar-refractivity contribution in [3.63, 3.8) is 0 Å². The van der Waals surface area contributed by atoms with Gasteiger partial charge in [0.15, 0.2) is 0 Å². The second kappa shape index (κ2) is 6.09. The summed E-state index contributed by atoms with van der Waals surface area (Å²) in [6.45, 7) is 4.12. The van der Waals surface area contributed by atoms with Crippen molar-refractivity contribution in [2.75, 3.05) is 0 Å². The van der Waals surface area contributed by atoms with Crippen LogP contribution in [0.2, 0.25) is 0 Å². The zero-order valence-electron chi connectivity index (χ0n) is 11.3. The van der Waals surface area contributed by atoms with Crippen LogP contribution in [0.3, 0.4) is 0 Å². The quantitative estimate of drug-likeness (QED) is 0.807. The number of ether oxygens (including phenoxy) is 1. The maximum atomic E-state index is 9.64. The van der Waals surface area contributed by atoms with E-state index in [2.05, 4.69) is 13.8 Å². The summed E-state index contributed by atoms with van der Waals surface area (Å²) >= 11 is 0.